The predicted octanol–water partition coefficient (Wildman–Crippen LogP) is 3.04. The molecule has 0 radical (unpaired) electrons. The van der Waals surface area contributed by atoms with Crippen molar-refractivity contribution in [1.29, 1.82) is 0 Å². The van der Waals surface area contributed by atoms with Gasteiger partial charge in [0, 0.05) is 29.5 Å². The van der Waals surface area contributed by atoms with Crippen LogP contribution in [0.4, 0.5) is 0 Å². The molecule has 1 aliphatic heterocycles. The maximum atomic E-state index is 12.5. The van der Waals surface area contributed by atoms with E-state index in [-0.39, 0.29) is 12.3 Å². The molecule has 0 aliphatic carbocycles. The number of sulfonamides is 1. The summed E-state index contributed by atoms with van der Waals surface area (Å²) in [5.41, 5.74) is 0.848. The Labute approximate surface area is 156 Å². The van der Waals surface area contributed by atoms with Gasteiger partial charge >= 0.3 is 0 Å². The van der Waals surface area contributed by atoms with Gasteiger partial charge in [-0.25, -0.2) is 8.42 Å². The van der Waals surface area contributed by atoms with Crippen molar-refractivity contribution in [2.75, 3.05) is 13.1 Å². The van der Waals surface area contributed by atoms with Crippen molar-refractivity contribution in [2.24, 2.45) is 0 Å². The largest absolute Gasteiger partial charge is 0.352 e. The van der Waals surface area contributed by atoms with Crippen LogP contribution in [0.15, 0.2) is 40.6 Å². The lowest BCUT2D eigenvalue weighted by atomic mass is 10.2. The summed E-state index contributed by atoms with van der Waals surface area (Å²) in [7, 11) is -3.41. The van der Waals surface area contributed by atoms with Gasteiger partial charge in [-0.2, -0.15) is 4.31 Å². The van der Waals surface area contributed by atoms with E-state index in [1.54, 1.807) is 18.2 Å². The molecule has 25 heavy (non-hydrogen) atoms. The number of hydrogen-bond donors (Lipinski definition) is 1. The first-order chi connectivity index (χ1) is 12.0. The maximum Gasteiger partial charge on any atom is 0.252 e. The Morgan fingerprint density at radius 1 is 1.16 bits per heavy atom. The number of carbonyl (C=O) groups excluding carboxylic acids is 1. The highest BCUT2D eigenvalue weighted by Crippen LogP contribution is 2.27. The molecule has 1 fully saturated rings. The Kier molecular flexibility index (Phi) is 5.78. The van der Waals surface area contributed by atoms with Crippen LogP contribution in [-0.2, 0) is 27.8 Å². The van der Waals surface area contributed by atoms with Gasteiger partial charge in [-0.3, -0.25) is 4.79 Å². The van der Waals surface area contributed by atoms with E-state index in [0.717, 1.165) is 34.6 Å². The molecule has 8 heteroatoms. The third-order valence-corrected chi connectivity index (χ3v) is 7.88. The Balaban J connectivity index is 1.59. The zero-order valence-electron chi connectivity index (χ0n) is 13.6. The summed E-state index contributed by atoms with van der Waals surface area (Å²) in [4.78, 5) is 12.8. The van der Waals surface area contributed by atoms with E-state index >= 15 is 0 Å². The van der Waals surface area contributed by atoms with Gasteiger partial charge in [0.05, 0.1) is 6.42 Å². The number of nitrogens with one attached hydrogen (secondary N) is 1. The first-order valence-electron chi connectivity index (χ1n) is 8.06. The Morgan fingerprint density at radius 2 is 1.88 bits per heavy atom. The average Bonchev–Trinajstić information content (AvgIpc) is 3.26. The minimum absolute atomic E-state index is 0.157. The highest BCUT2D eigenvalue weighted by Gasteiger charge is 2.28. The fraction of sp³-hybridized carbons (Fsp3) is 0.353. The van der Waals surface area contributed by atoms with Gasteiger partial charge < -0.3 is 5.32 Å². The lowest BCUT2D eigenvalue weighted by Gasteiger charge is -2.13. The van der Waals surface area contributed by atoms with E-state index in [1.807, 2.05) is 18.2 Å². The number of benzene rings is 1. The van der Waals surface area contributed by atoms with E-state index in [1.165, 1.54) is 4.31 Å². The normalized spacial score (nSPS) is 15.4. The molecule has 134 valence electrons. The molecule has 1 N–H and O–H groups in total. The Morgan fingerprint density at radius 3 is 2.60 bits per heavy atom. The van der Waals surface area contributed by atoms with Gasteiger partial charge in [0.1, 0.15) is 4.21 Å². The SMILES string of the molecule is O=C(Cc1ccc(S(=O)(=O)N2CCCC2)s1)NCc1ccccc1Cl. The van der Waals surface area contributed by atoms with Crippen LogP contribution in [-0.4, -0.2) is 31.7 Å². The van der Waals surface area contributed by atoms with Crippen molar-refractivity contribution < 1.29 is 13.2 Å². The number of thiophene rings is 1. The van der Waals surface area contributed by atoms with E-state index in [4.69, 9.17) is 11.6 Å². The highest BCUT2D eigenvalue weighted by molar-refractivity contribution is 7.91. The van der Waals surface area contributed by atoms with Gasteiger partial charge in [0.25, 0.3) is 10.0 Å². The van der Waals surface area contributed by atoms with Crippen LogP contribution in [0.25, 0.3) is 0 Å². The van der Waals surface area contributed by atoms with E-state index in [2.05, 4.69) is 5.32 Å². The molecule has 0 spiro atoms. The van der Waals surface area contributed by atoms with Crippen molar-refractivity contribution in [3.8, 4) is 0 Å². The molecular formula is C17H19ClN2O3S2. The highest BCUT2D eigenvalue weighted by atomic mass is 35.5. The molecule has 5 nitrogen and oxygen atoms in total. The lowest BCUT2D eigenvalue weighted by Crippen LogP contribution is -2.27. The molecule has 2 aromatic rings. The molecule has 0 saturated carbocycles. The summed E-state index contributed by atoms with van der Waals surface area (Å²) in [5, 5.41) is 3.42. The van der Waals surface area contributed by atoms with Crippen molar-refractivity contribution in [1.82, 2.24) is 9.62 Å². The smallest absolute Gasteiger partial charge is 0.252 e. The van der Waals surface area contributed by atoms with Crippen molar-refractivity contribution in [3.05, 3.63) is 51.9 Å². The number of hydrogen-bond acceptors (Lipinski definition) is 4. The van der Waals surface area contributed by atoms with Gasteiger partial charge in [-0.15, -0.1) is 11.3 Å². The molecular weight excluding hydrogens is 380 g/mol. The third-order valence-electron chi connectivity index (χ3n) is 4.06. The Hall–Kier alpha value is -1.41. The van der Waals surface area contributed by atoms with Crippen molar-refractivity contribution in [3.63, 3.8) is 0 Å². The minimum Gasteiger partial charge on any atom is -0.352 e. The number of halogens is 1. The summed E-state index contributed by atoms with van der Waals surface area (Å²) in [6.07, 6.45) is 1.97. The molecule has 0 bridgehead atoms. The monoisotopic (exact) mass is 398 g/mol. The van der Waals surface area contributed by atoms with Gasteiger partial charge in [0.2, 0.25) is 5.91 Å². The molecule has 1 aliphatic rings. The first-order valence-corrected chi connectivity index (χ1v) is 10.7. The summed E-state index contributed by atoms with van der Waals surface area (Å²) in [6, 6.07) is 10.6. The standard InChI is InChI=1S/C17H19ClN2O3S2/c18-15-6-2-1-5-13(15)12-19-16(21)11-14-7-8-17(24-14)25(22,23)20-9-3-4-10-20/h1-2,5-8H,3-4,9-12H2,(H,19,21). The van der Waals surface area contributed by atoms with E-state index in [0.29, 0.717) is 28.9 Å². The fourth-order valence-corrected chi connectivity index (χ4v) is 5.93. The van der Waals surface area contributed by atoms with Crippen LogP contribution in [0, 0.1) is 0 Å². The van der Waals surface area contributed by atoms with Gasteiger partial charge in [0.15, 0.2) is 0 Å². The Bertz CT molecular complexity index is 858. The van der Waals surface area contributed by atoms with Crippen LogP contribution in [0.1, 0.15) is 23.3 Å². The second-order valence-corrected chi connectivity index (χ2v) is 9.62. The lowest BCUT2D eigenvalue weighted by molar-refractivity contribution is -0.120. The topological polar surface area (TPSA) is 66.5 Å². The zero-order chi connectivity index (χ0) is 17.9. The number of carbonyl (C=O) groups is 1. The summed E-state index contributed by atoms with van der Waals surface area (Å²) < 4.78 is 26.8. The summed E-state index contributed by atoms with van der Waals surface area (Å²) in [5.74, 6) is -0.160. The second kappa shape index (κ2) is 7.86. The molecule has 1 saturated heterocycles. The number of rotatable bonds is 6. The van der Waals surface area contributed by atoms with Crippen LogP contribution >= 0.6 is 22.9 Å². The fourth-order valence-electron chi connectivity index (χ4n) is 2.70. The van der Waals surface area contributed by atoms with E-state index < -0.39 is 10.0 Å². The van der Waals surface area contributed by atoms with Crippen molar-refractivity contribution >= 4 is 38.9 Å². The van der Waals surface area contributed by atoms with Gasteiger partial charge in [-0.05, 0) is 36.6 Å². The molecule has 3 rings (SSSR count). The summed E-state index contributed by atoms with van der Waals surface area (Å²) in [6.45, 7) is 1.50. The van der Waals surface area contributed by atoms with Crippen molar-refractivity contribution in [2.45, 2.75) is 30.0 Å². The molecule has 1 aromatic heterocycles. The summed E-state index contributed by atoms with van der Waals surface area (Å²) >= 11 is 7.23. The van der Waals surface area contributed by atoms with Crippen LogP contribution in [0.5, 0.6) is 0 Å². The molecule has 2 heterocycles. The molecule has 1 amide bonds. The second-order valence-electron chi connectivity index (χ2n) is 5.88. The third kappa shape index (κ3) is 4.41. The first kappa shape index (κ1) is 18.4. The van der Waals surface area contributed by atoms with Crippen LogP contribution < -0.4 is 5.32 Å². The number of nitrogens with zero attached hydrogens (tertiary/aromatic N) is 1. The zero-order valence-corrected chi connectivity index (χ0v) is 16.0. The van der Waals surface area contributed by atoms with Crippen LogP contribution in [0.2, 0.25) is 5.02 Å². The molecule has 0 atom stereocenters. The van der Waals surface area contributed by atoms with Crippen LogP contribution in [0.3, 0.4) is 0 Å². The predicted molar refractivity (Wildman–Crippen MR) is 99.3 cm³/mol. The molecule has 1 aromatic carbocycles. The minimum atomic E-state index is -3.41. The number of amides is 1. The molecule has 0 unspecified atom stereocenters. The maximum absolute atomic E-state index is 12.5. The van der Waals surface area contributed by atoms with Gasteiger partial charge in [-0.1, -0.05) is 29.8 Å². The quantitative estimate of drug-likeness (QED) is 0.813. The van der Waals surface area contributed by atoms with E-state index in [9.17, 15) is 13.2 Å². The average molecular weight is 399 g/mol.